The Morgan fingerprint density at radius 1 is 1.25 bits per heavy atom. The van der Waals surface area contributed by atoms with Crippen LogP contribution < -0.4 is 4.90 Å². The van der Waals surface area contributed by atoms with Gasteiger partial charge in [-0.1, -0.05) is 19.1 Å². The first-order chi connectivity index (χ1) is 5.75. The van der Waals surface area contributed by atoms with E-state index in [1.165, 1.54) is 10.6 Å². The molecule has 0 atom stereocenters. The van der Waals surface area contributed by atoms with Crippen molar-refractivity contribution in [1.29, 1.82) is 0 Å². The predicted octanol–water partition coefficient (Wildman–Crippen LogP) is 2.86. The summed E-state index contributed by atoms with van der Waals surface area (Å²) in [5.74, 6) is 1.13. The van der Waals surface area contributed by atoms with Gasteiger partial charge in [0.1, 0.15) is 0 Å². The van der Waals surface area contributed by atoms with Crippen LogP contribution in [0.2, 0.25) is 0 Å². The van der Waals surface area contributed by atoms with Gasteiger partial charge in [0.05, 0.1) is 0 Å². The van der Waals surface area contributed by atoms with E-state index < -0.39 is 0 Å². The number of para-hydroxylation sites is 1. The van der Waals surface area contributed by atoms with Crippen LogP contribution in [-0.2, 0) is 0 Å². The van der Waals surface area contributed by atoms with Gasteiger partial charge in [-0.3, -0.25) is 0 Å². The molecule has 12 heavy (non-hydrogen) atoms. The van der Waals surface area contributed by atoms with Crippen LogP contribution in [0.3, 0.4) is 0 Å². The summed E-state index contributed by atoms with van der Waals surface area (Å²) in [6.45, 7) is 2.18. The Morgan fingerprint density at radius 2 is 1.92 bits per heavy atom. The number of thioether (sulfide) groups is 1. The number of nitrogens with zero attached hydrogens (tertiary/aromatic N) is 1. The summed E-state index contributed by atoms with van der Waals surface area (Å²) >= 11 is 1.89. The zero-order chi connectivity index (χ0) is 8.97. The smallest absolute Gasteiger partial charge is 0.0499 e. The summed E-state index contributed by atoms with van der Waals surface area (Å²) in [5.41, 5.74) is 1.31. The Labute approximate surface area is 78.8 Å². The Hall–Kier alpha value is -0.630. The van der Waals surface area contributed by atoms with Gasteiger partial charge in [0.2, 0.25) is 0 Å². The van der Waals surface area contributed by atoms with Gasteiger partial charge in [-0.25, -0.2) is 0 Å². The van der Waals surface area contributed by atoms with Crippen LogP contribution in [0.15, 0.2) is 29.2 Å². The van der Waals surface area contributed by atoms with Crippen molar-refractivity contribution >= 4 is 17.4 Å². The number of hydrogen-bond acceptors (Lipinski definition) is 2. The first-order valence-electron chi connectivity index (χ1n) is 4.15. The quantitative estimate of drug-likeness (QED) is 0.660. The fourth-order valence-corrected chi connectivity index (χ4v) is 1.99. The first kappa shape index (κ1) is 9.46. The van der Waals surface area contributed by atoms with Gasteiger partial charge in [-0.15, -0.1) is 11.8 Å². The predicted molar refractivity (Wildman–Crippen MR) is 57.2 cm³/mol. The highest BCUT2D eigenvalue weighted by Crippen LogP contribution is 2.28. The molecule has 0 N–H and O–H groups in total. The van der Waals surface area contributed by atoms with Gasteiger partial charge in [0, 0.05) is 24.7 Å². The van der Waals surface area contributed by atoms with Crippen LogP contribution in [-0.4, -0.2) is 19.8 Å². The van der Waals surface area contributed by atoms with E-state index in [2.05, 4.69) is 50.2 Å². The molecular formula is C10H15NS. The minimum atomic E-state index is 1.13. The lowest BCUT2D eigenvalue weighted by atomic mass is 10.3. The Bertz CT molecular complexity index is 245. The highest BCUT2D eigenvalue weighted by atomic mass is 32.2. The van der Waals surface area contributed by atoms with Crippen LogP contribution in [0.4, 0.5) is 5.69 Å². The van der Waals surface area contributed by atoms with E-state index in [-0.39, 0.29) is 0 Å². The molecule has 0 aliphatic carbocycles. The molecule has 1 rings (SSSR count). The van der Waals surface area contributed by atoms with Crippen molar-refractivity contribution in [2.75, 3.05) is 24.7 Å². The number of benzene rings is 1. The highest BCUT2D eigenvalue weighted by Gasteiger charge is 2.01. The molecule has 66 valence electrons. The van der Waals surface area contributed by atoms with Crippen molar-refractivity contribution in [3.63, 3.8) is 0 Å². The monoisotopic (exact) mass is 181 g/mol. The molecule has 0 heterocycles. The normalized spacial score (nSPS) is 9.92. The lowest BCUT2D eigenvalue weighted by Crippen LogP contribution is -2.09. The third kappa shape index (κ3) is 2.18. The maximum absolute atomic E-state index is 2.18. The molecule has 1 aromatic rings. The van der Waals surface area contributed by atoms with E-state index in [4.69, 9.17) is 0 Å². The number of rotatable bonds is 3. The minimum Gasteiger partial charge on any atom is -0.377 e. The van der Waals surface area contributed by atoms with Gasteiger partial charge < -0.3 is 4.90 Å². The SMILES string of the molecule is CCSc1ccccc1N(C)C. The largest absolute Gasteiger partial charge is 0.377 e. The van der Waals surface area contributed by atoms with E-state index >= 15 is 0 Å². The fourth-order valence-electron chi connectivity index (χ4n) is 1.10. The molecule has 0 aromatic heterocycles. The van der Waals surface area contributed by atoms with Crippen molar-refractivity contribution in [2.24, 2.45) is 0 Å². The van der Waals surface area contributed by atoms with Crippen molar-refractivity contribution in [1.82, 2.24) is 0 Å². The third-order valence-electron chi connectivity index (χ3n) is 1.65. The molecule has 0 radical (unpaired) electrons. The Balaban J connectivity index is 2.92. The summed E-state index contributed by atoms with van der Waals surface area (Å²) < 4.78 is 0. The number of hydrogen-bond donors (Lipinski definition) is 0. The lowest BCUT2D eigenvalue weighted by molar-refractivity contribution is 1.10. The van der Waals surface area contributed by atoms with E-state index in [0.29, 0.717) is 0 Å². The minimum absolute atomic E-state index is 1.13. The second-order valence-electron chi connectivity index (χ2n) is 2.80. The molecule has 0 spiro atoms. The average molecular weight is 181 g/mol. The Morgan fingerprint density at radius 3 is 2.50 bits per heavy atom. The second kappa shape index (κ2) is 4.41. The van der Waals surface area contributed by atoms with Crippen LogP contribution >= 0.6 is 11.8 Å². The lowest BCUT2D eigenvalue weighted by Gasteiger charge is -2.16. The van der Waals surface area contributed by atoms with Crippen molar-refractivity contribution in [3.05, 3.63) is 24.3 Å². The zero-order valence-electron chi connectivity index (χ0n) is 7.87. The molecule has 0 saturated carbocycles. The maximum Gasteiger partial charge on any atom is 0.0499 e. The van der Waals surface area contributed by atoms with Crippen LogP contribution in [0.1, 0.15) is 6.92 Å². The molecule has 1 nitrogen and oxygen atoms in total. The Kier molecular flexibility index (Phi) is 3.48. The fraction of sp³-hybridized carbons (Fsp3) is 0.400. The van der Waals surface area contributed by atoms with Gasteiger partial charge in [-0.2, -0.15) is 0 Å². The summed E-state index contributed by atoms with van der Waals surface area (Å²) in [7, 11) is 4.16. The van der Waals surface area contributed by atoms with E-state index in [1.54, 1.807) is 0 Å². The van der Waals surface area contributed by atoms with Crippen LogP contribution in [0, 0.1) is 0 Å². The average Bonchev–Trinajstić information content (AvgIpc) is 2.05. The topological polar surface area (TPSA) is 3.24 Å². The van der Waals surface area contributed by atoms with E-state index in [9.17, 15) is 0 Å². The molecule has 0 aliphatic heterocycles. The molecule has 0 aliphatic rings. The van der Waals surface area contributed by atoms with Crippen molar-refractivity contribution in [2.45, 2.75) is 11.8 Å². The molecule has 0 saturated heterocycles. The van der Waals surface area contributed by atoms with E-state index in [0.717, 1.165) is 5.75 Å². The second-order valence-corrected chi connectivity index (χ2v) is 4.10. The standard InChI is InChI=1S/C10H15NS/c1-4-12-10-8-6-5-7-9(10)11(2)3/h5-8H,4H2,1-3H3. The van der Waals surface area contributed by atoms with E-state index in [1.807, 2.05) is 11.8 Å². The van der Waals surface area contributed by atoms with Crippen LogP contribution in [0.5, 0.6) is 0 Å². The van der Waals surface area contributed by atoms with Gasteiger partial charge in [0.25, 0.3) is 0 Å². The number of anilines is 1. The molecule has 0 unspecified atom stereocenters. The maximum atomic E-state index is 2.18. The van der Waals surface area contributed by atoms with Crippen LogP contribution in [0.25, 0.3) is 0 Å². The summed E-state index contributed by atoms with van der Waals surface area (Å²) in [6.07, 6.45) is 0. The first-order valence-corrected chi connectivity index (χ1v) is 5.13. The van der Waals surface area contributed by atoms with Gasteiger partial charge >= 0.3 is 0 Å². The van der Waals surface area contributed by atoms with Gasteiger partial charge in [0.15, 0.2) is 0 Å². The highest BCUT2D eigenvalue weighted by molar-refractivity contribution is 7.99. The molecular weight excluding hydrogens is 166 g/mol. The molecule has 0 bridgehead atoms. The molecule has 0 fully saturated rings. The molecule has 2 heteroatoms. The molecule has 1 aromatic carbocycles. The third-order valence-corrected chi connectivity index (χ3v) is 2.59. The summed E-state index contributed by atoms with van der Waals surface area (Å²) in [4.78, 5) is 3.52. The molecule has 0 amide bonds. The van der Waals surface area contributed by atoms with Crippen molar-refractivity contribution in [3.8, 4) is 0 Å². The summed E-state index contributed by atoms with van der Waals surface area (Å²) in [5, 5.41) is 0. The zero-order valence-corrected chi connectivity index (χ0v) is 8.69. The van der Waals surface area contributed by atoms with Crippen molar-refractivity contribution < 1.29 is 0 Å². The van der Waals surface area contributed by atoms with Gasteiger partial charge in [-0.05, 0) is 17.9 Å². The summed E-state index contributed by atoms with van der Waals surface area (Å²) in [6, 6.07) is 8.49.